The van der Waals surface area contributed by atoms with Crippen molar-refractivity contribution in [1.82, 2.24) is 9.55 Å². The van der Waals surface area contributed by atoms with E-state index >= 15 is 0 Å². The lowest BCUT2D eigenvalue weighted by Gasteiger charge is -2.13. The fraction of sp³-hybridized carbons (Fsp3) is 0.0571. The van der Waals surface area contributed by atoms with Crippen LogP contribution in [0.3, 0.4) is 0 Å². The number of benzene rings is 6. The minimum Gasteiger partial charge on any atom is -0.455 e. The molecule has 3 nitrogen and oxygen atoms in total. The summed E-state index contributed by atoms with van der Waals surface area (Å²) in [7, 11) is 0. The van der Waals surface area contributed by atoms with Gasteiger partial charge in [0.05, 0.1) is 22.3 Å². The van der Waals surface area contributed by atoms with Crippen molar-refractivity contribution in [2.24, 2.45) is 0 Å². The van der Waals surface area contributed by atoms with Gasteiger partial charge in [0.25, 0.3) is 0 Å². The van der Waals surface area contributed by atoms with Gasteiger partial charge in [0.15, 0.2) is 0 Å². The van der Waals surface area contributed by atoms with Gasteiger partial charge in [-0.1, -0.05) is 78.9 Å². The average Bonchev–Trinajstić information content (AvgIpc) is 3.50. The number of hydrogen-bond acceptors (Lipinski definition) is 2. The minimum atomic E-state index is 0.881. The molecule has 2 aromatic heterocycles. The second kappa shape index (κ2) is 7.80. The molecule has 6 aromatic carbocycles. The van der Waals surface area contributed by atoms with E-state index in [0.717, 1.165) is 50.0 Å². The summed E-state index contributed by atoms with van der Waals surface area (Å²) in [5, 5.41) is 7.06. The number of aryl methyl sites for hydroxylation is 2. The highest BCUT2D eigenvalue weighted by Gasteiger charge is 2.22. The molecule has 0 aliphatic heterocycles. The smallest absolute Gasteiger partial charge is 0.149 e. The van der Waals surface area contributed by atoms with E-state index in [1.807, 2.05) is 0 Å². The molecule has 8 rings (SSSR count). The number of rotatable bonds is 2. The van der Waals surface area contributed by atoms with Crippen molar-refractivity contribution in [2.45, 2.75) is 13.8 Å². The first-order valence-electron chi connectivity index (χ1n) is 13.0. The molecular weight excluding hydrogens is 464 g/mol. The molecule has 3 heteroatoms. The Bertz CT molecular complexity index is 2210. The molecule has 0 saturated heterocycles. The van der Waals surface area contributed by atoms with Crippen LogP contribution in [0, 0.1) is 13.8 Å². The summed E-state index contributed by atoms with van der Waals surface area (Å²) >= 11 is 0. The van der Waals surface area contributed by atoms with E-state index in [0.29, 0.717) is 0 Å². The predicted molar refractivity (Wildman–Crippen MR) is 158 cm³/mol. The second-order valence-electron chi connectivity index (χ2n) is 10.2. The van der Waals surface area contributed by atoms with Crippen LogP contribution in [0.5, 0.6) is 0 Å². The van der Waals surface area contributed by atoms with Gasteiger partial charge in [0.2, 0.25) is 0 Å². The second-order valence-corrected chi connectivity index (χ2v) is 10.2. The van der Waals surface area contributed by atoms with Gasteiger partial charge in [-0.15, -0.1) is 0 Å². The zero-order valence-electron chi connectivity index (χ0n) is 21.2. The largest absolute Gasteiger partial charge is 0.455 e. The van der Waals surface area contributed by atoms with E-state index < -0.39 is 0 Å². The molecule has 0 radical (unpaired) electrons. The molecule has 0 fully saturated rings. The van der Waals surface area contributed by atoms with Crippen LogP contribution in [-0.4, -0.2) is 9.55 Å². The first-order chi connectivity index (χ1) is 18.7. The number of nitrogens with zero attached hydrogens (tertiary/aromatic N) is 2. The van der Waals surface area contributed by atoms with E-state index in [9.17, 15) is 0 Å². The highest BCUT2D eigenvalue weighted by Crippen LogP contribution is 2.41. The van der Waals surface area contributed by atoms with Crippen LogP contribution in [0.2, 0.25) is 0 Å². The Morgan fingerprint density at radius 3 is 2.29 bits per heavy atom. The van der Waals surface area contributed by atoms with Crippen LogP contribution in [0.1, 0.15) is 11.1 Å². The highest BCUT2D eigenvalue weighted by molar-refractivity contribution is 6.11. The van der Waals surface area contributed by atoms with Crippen molar-refractivity contribution in [3.8, 4) is 17.1 Å². The van der Waals surface area contributed by atoms with Gasteiger partial charge in [0, 0.05) is 16.2 Å². The molecule has 8 aromatic rings. The van der Waals surface area contributed by atoms with E-state index in [1.54, 1.807) is 0 Å². The topological polar surface area (TPSA) is 31.0 Å². The summed E-state index contributed by atoms with van der Waals surface area (Å²) in [6.07, 6.45) is 0. The average molecular weight is 489 g/mol. The van der Waals surface area contributed by atoms with Crippen LogP contribution in [0.25, 0.3) is 71.6 Å². The summed E-state index contributed by atoms with van der Waals surface area (Å²) in [6, 6.07) is 38.8. The molecule has 0 aliphatic carbocycles. The van der Waals surface area contributed by atoms with Gasteiger partial charge in [-0.05, 0) is 71.5 Å². The maximum absolute atomic E-state index is 6.60. The molecule has 2 heterocycles. The highest BCUT2D eigenvalue weighted by atomic mass is 16.3. The SMILES string of the molecule is Cc1ccc2c(c1)oc1c(-c3nc4cc5ccccc5cc4n3-c3cccc4ccccc34)ccc(C)c12. The first-order valence-corrected chi connectivity index (χ1v) is 13.0. The monoisotopic (exact) mass is 488 g/mol. The van der Waals surface area contributed by atoms with E-state index in [4.69, 9.17) is 9.40 Å². The molecule has 0 saturated carbocycles. The lowest BCUT2D eigenvalue weighted by Crippen LogP contribution is -1.99. The summed E-state index contributed by atoms with van der Waals surface area (Å²) in [5.74, 6) is 0.882. The van der Waals surface area contributed by atoms with Crippen molar-refractivity contribution in [2.75, 3.05) is 0 Å². The summed E-state index contributed by atoms with van der Waals surface area (Å²) < 4.78 is 8.91. The lowest BCUT2D eigenvalue weighted by molar-refractivity contribution is 0.669. The van der Waals surface area contributed by atoms with Crippen molar-refractivity contribution < 1.29 is 4.42 Å². The molecule has 0 spiro atoms. The zero-order chi connectivity index (χ0) is 25.4. The molecule has 0 bridgehead atoms. The molecule has 0 unspecified atom stereocenters. The lowest BCUT2D eigenvalue weighted by atomic mass is 10.0. The maximum atomic E-state index is 6.60. The van der Waals surface area contributed by atoms with Crippen LogP contribution < -0.4 is 0 Å². The summed E-state index contributed by atoms with van der Waals surface area (Å²) in [6.45, 7) is 4.26. The molecule has 0 N–H and O–H groups in total. The van der Waals surface area contributed by atoms with Crippen molar-refractivity contribution in [3.05, 3.63) is 120 Å². The minimum absolute atomic E-state index is 0.881. The number of furan rings is 1. The molecule has 0 amide bonds. The third kappa shape index (κ3) is 2.99. The van der Waals surface area contributed by atoms with Crippen molar-refractivity contribution >= 4 is 54.5 Å². The summed E-state index contributed by atoms with van der Waals surface area (Å²) in [4.78, 5) is 5.29. The standard InChI is InChI=1S/C35H24N2O/c1-21-14-16-27-32(18-21)38-34-28(17-15-22(2)33(27)34)35-36-29-19-24-9-3-4-10-25(24)20-31(29)37(35)30-13-7-11-23-8-5-6-12-26(23)30/h3-20H,1-2H3. The fourth-order valence-electron chi connectivity index (χ4n) is 5.92. The van der Waals surface area contributed by atoms with Crippen molar-refractivity contribution in [3.63, 3.8) is 0 Å². The quantitative estimate of drug-likeness (QED) is 0.243. The van der Waals surface area contributed by atoms with Gasteiger partial charge < -0.3 is 4.42 Å². The zero-order valence-corrected chi connectivity index (χ0v) is 21.2. The van der Waals surface area contributed by atoms with Crippen LogP contribution in [0.15, 0.2) is 114 Å². The normalized spacial score (nSPS) is 11.9. The molecule has 0 atom stereocenters. The van der Waals surface area contributed by atoms with Gasteiger partial charge in [-0.2, -0.15) is 0 Å². The fourth-order valence-corrected chi connectivity index (χ4v) is 5.92. The Morgan fingerprint density at radius 1 is 0.658 bits per heavy atom. The predicted octanol–water partition coefficient (Wildman–Crippen LogP) is 9.52. The van der Waals surface area contributed by atoms with Gasteiger partial charge in [-0.25, -0.2) is 4.98 Å². The van der Waals surface area contributed by atoms with Gasteiger partial charge in [-0.3, -0.25) is 4.57 Å². The van der Waals surface area contributed by atoms with Crippen LogP contribution in [-0.2, 0) is 0 Å². The molecule has 38 heavy (non-hydrogen) atoms. The van der Waals surface area contributed by atoms with Crippen molar-refractivity contribution in [1.29, 1.82) is 0 Å². The van der Waals surface area contributed by atoms with E-state index in [1.165, 1.54) is 32.7 Å². The van der Waals surface area contributed by atoms with Crippen LogP contribution >= 0.6 is 0 Å². The Balaban J connectivity index is 1.55. The molecule has 180 valence electrons. The molecule has 0 aliphatic rings. The van der Waals surface area contributed by atoms with Gasteiger partial charge in [0.1, 0.15) is 17.0 Å². The Hall–Kier alpha value is -4.89. The van der Waals surface area contributed by atoms with E-state index in [-0.39, 0.29) is 0 Å². The third-order valence-electron chi connectivity index (χ3n) is 7.75. The summed E-state index contributed by atoms with van der Waals surface area (Å²) in [5.41, 5.74) is 8.32. The Kier molecular flexibility index (Phi) is 4.36. The Morgan fingerprint density at radius 2 is 1.42 bits per heavy atom. The van der Waals surface area contributed by atoms with Gasteiger partial charge >= 0.3 is 0 Å². The Labute approximate surface area is 219 Å². The number of fused-ring (bicyclic) bond motifs is 6. The number of hydrogen-bond donors (Lipinski definition) is 0. The number of imidazole rings is 1. The third-order valence-corrected chi connectivity index (χ3v) is 7.75. The molecular formula is C35H24N2O. The van der Waals surface area contributed by atoms with E-state index in [2.05, 4.69) is 128 Å². The first kappa shape index (κ1) is 21.2. The maximum Gasteiger partial charge on any atom is 0.149 e. The number of aromatic nitrogens is 2. The van der Waals surface area contributed by atoms with Crippen LogP contribution in [0.4, 0.5) is 0 Å².